The SMILES string of the molecule is CCC(N)CCNC(=O)c1ccc(F)c2ccccc12. The van der Waals surface area contributed by atoms with Crippen LogP contribution in [-0.2, 0) is 0 Å². The second kappa shape index (κ2) is 6.48. The van der Waals surface area contributed by atoms with E-state index in [0.717, 1.165) is 12.8 Å². The van der Waals surface area contributed by atoms with E-state index in [9.17, 15) is 9.18 Å². The summed E-state index contributed by atoms with van der Waals surface area (Å²) < 4.78 is 13.7. The lowest BCUT2D eigenvalue weighted by molar-refractivity contribution is 0.0954. The number of nitrogens with two attached hydrogens (primary N) is 1. The van der Waals surface area contributed by atoms with Gasteiger partial charge in [-0.1, -0.05) is 31.2 Å². The van der Waals surface area contributed by atoms with E-state index < -0.39 is 0 Å². The molecule has 0 bridgehead atoms. The van der Waals surface area contributed by atoms with Crippen LogP contribution in [0, 0.1) is 5.82 Å². The van der Waals surface area contributed by atoms with Gasteiger partial charge in [0.05, 0.1) is 0 Å². The predicted octanol–water partition coefficient (Wildman–Crippen LogP) is 2.84. The lowest BCUT2D eigenvalue weighted by Gasteiger charge is -2.11. The Morgan fingerprint density at radius 2 is 1.95 bits per heavy atom. The average Bonchev–Trinajstić information content (AvgIpc) is 2.47. The first-order valence-electron chi connectivity index (χ1n) is 6.84. The molecule has 4 heteroatoms. The van der Waals surface area contributed by atoms with Crippen molar-refractivity contribution in [2.24, 2.45) is 5.73 Å². The summed E-state index contributed by atoms with van der Waals surface area (Å²) in [4.78, 5) is 12.2. The molecule has 0 aliphatic carbocycles. The number of hydrogen-bond donors (Lipinski definition) is 2. The quantitative estimate of drug-likeness (QED) is 0.881. The molecule has 106 valence electrons. The molecule has 3 nitrogen and oxygen atoms in total. The van der Waals surface area contributed by atoms with Crippen molar-refractivity contribution < 1.29 is 9.18 Å². The maximum Gasteiger partial charge on any atom is 0.251 e. The monoisotopic (exact) mass is 274 g/mol. The Morgan fingerprint density at radius 1 is 1.25 bits per heavy atom. The molecule has 0 radical (unpaired) electrons. The summed E-state index contributed by atoms with van der Waals surface area (Å²) in [5.41, 5.74) is 6.30. The molecule has 0 aliphatic rings. The number of nitrogens with one attached hydrogen (secondary N) is 1. The van der Waals surface area contributed by atoms with Crippen LogP contribution in [0.1, 0.15) is 30.1 Å². The van der Waals surface area contributed by atoms with Gasteiger partial charge in [0.15, 0.2) is 0 Å². The van der Waals surface area contributed by atoms with E-state index in [1.807, 2.05) is 6.92 Å². The zero-order valence-electron chi connectivity index (χ0n) is 11.5. The second-order valence-corrected chi connectivity index (χ2v) is 4.85. The summed E-state index contributed by atoms with van der Waals surface area (Å²) in [6, 6.07) is 9.93. The molecule has 0 fully saturated rings. The molecule has 20 heavy (non-hydrogen) atoms. The highest BCUT2D eigenvalue weighted by molar-refractivity contribution is 6.07. The number of amides is 1. The Morgan fingerprint density at radius 3 is 2.65 bits per heavy atom. The van der Waals surface area contributed by atoms with Crippen LogP contribution in [0.2, 0.25) is 0 Å². The Labute approximate surface area is 118 Å². The van der Waals surface area contributed by atoms with Crippen LogP contribution >= 0.6 is 0 Å². The number of halogens is 1. The fourth-order valence-corrected chi connectivity index (χ4v) is 2.13. The molecule has 0 saturated carbocycles. The van der Waals surface area contributed by atoms with Crippen molar-refractivity contribution in [3.8, 4) is 0 Å². The van der Waals surface area contributed by atoms with Gasteiger partial charge in [0.1, 0.15) is 5.82 Å². The van der Waals surface area contributed by atoms with Crippen LogP contribution in [0.25, 0.3) is 10.8 Å². The standard InChI is InChI=1S/C16H19FN2O/c1-2-11(18)9-10-19-16(20)14-7-8-15(17)13-6-4-3-5-12(13)14/h3-8,11H,2,9-10,18H2,1H3,(H,19,20). The first-order chi connectivity index (χ1) is 9.63. The van der Waals surface area contributed by atoms with Gasteiger partial charge in [-0.25, -0.2) is 4.39 Å². The third-order valence-electron chi connectivity index (χ3n) is 3.44. The zero-order chi connectivity index (χ0) is 14.5. The minimum Gasteiger partial charge on any atom is -0.352 e. The molecule has 1 amide bonds. The van der Waals surface area contributed by atoms with Crippen molar-refractivity contribution >= 4 is 16.7 Å². The third kappa shape index (κ3) is 3.14. The Hall–Kier alpha value is -1.94. The van der Waals surface area contributed by atoms with Crippen LogP contribution in [0.4, 0.5) is 4.39 Å². The Balaban J connectivity index is 2.16. The van der Waals surface area contributed by atoms with E-state index in [4.69, 9.17) is 5.73 Å². The van der Waals surface area contributed by atoms with Gasteiger partial charge in [0, 0.05) is 23.5 Å². The molecule has 0 aliphatic heterocycles. The molecule has 2 rings (SSSR count). The fourth-order valence-electron chi connectivity index (χ4n) is 2.13. The minimum absolute atomic E-state index is 0.0975. The minimum atomic E-state index is -0.315. The second-order valence-electron chi connectivity index (χ2n) is 4.85. The highest BCUT2D eigenvalue weighted by Gasteiger charge is 2.12. The summed E-state index contributed by atoms with van der Waals surface area (Å²) in [6.07, 6.45) is 1.62. The van der Waals surface area contributed by atoms with Crippen LogP contribution in [0.3, 0.4) is 0 Å². The number of rotatable bonds is 5. The summed E-state index contributed by atoms with van der Waals surface area (Å²) in [6.45, 7) is 2.54. The normalized spacial score (nSPS) is 12.3. The highest BCUT2D eigenvalue weighted by Crippen LogP contribution is 2.21. The van der Waals surface area contributed by atoms with E-state index >= 15 is 0 Å². The van der Waals surface area contributed by atoms with E-state index in [1.165, 1.54) is 12.1 Å². The predicted molar refractivity (Wildman–Crippen MR) is 79.1 cm³/mol. The van der Waals surface area contributed by atoms with Crippen molar-refractivity contribution in [1.29, 1.82) is 0 Å². The molecule has 0 saturated heterocycles. The Bertz CT molecular complexity index is 612. The summed E-state index contributed by atoms with van der Waals surface area (Å²) >= 11 is 0. The zero-order valence-corrected chi connectivity index (χ0v) is 11.5. The van der Waals surface area contributed by atoms with Crippen LogP contribution in [-0.4, -0.2) is 18.5 Å². The number of fused-ring (bicyclic) bond motifs is 1. The van der Waals surface area contributed by atoms with Gasteiger partial charge in [0.2, 0.25) is 0 Å². The van der Waals surface area contributed by atoms with Gasteiger partial charge in [-0.05, 0) is 30.4 Å². The molecule has 0 heterocycles. The van der Waals surface area contributed by atoms with Crippen molar-refractivity contribution in [1.82, 2.24) is 5.32 Å². The van der Waals surface area contributed by atoms with E-state index in [1.54, 1.807) is 24.3 Å². The molecular weight excluding hydrogens is 255 g/mol. The van der Waals surface area contributed by atoms with Gasteiger partial charge in [-0.3, -0.25) is 4.79 Å². The van der Waals surface area contributed by atoms with E-state index in [0.29, 0.717) is 22.9 Å². The Kier molecular flexibility index (Phi) is 4.69. The van der Waals surface area contributed by atoms with E-state index in [-0.39, 0.29) is 17.8 Å². The maximum atomic E-state index is 13.7. The van der Waals surface area contributed by atoms with Crippen LogP contribution < -0.4 is 11.1 Å². The largest absolute Gasteiger partial charge is 0.352 e. The molecule has 2 aromatic rings. The number of carbonyl (C=O) groups is 1. The molecule has 0 aromatic heterocycles. The van der Waals surface area contributed by atoms with Gasteiger partial charge >= 0.3 is 0 Å². The van der Waals surface area contributed by atoms with E-state index in [2.05, 4.69) is 5.32 Å². The van der Waals surface area contributed by atoms with Crippen LogP contribution in [0.15, 0.2) is 36.4 Å². The number of hydrogen-bond acceptors (Lipinski definition) is 2. The average molecular weight is 274 g/mol. The maximum absolute atomic E-state index is 13.7. The highest BCUT2D eigenvalue weighted by atomic mass is 19.1. The molecule has 1 unspecified atom stereocenters. The van der Waals surface area contributed by atoms with Gasteiger partial charge in [-0.2, -0.15) is 0 Å². The number of carbonyl (C=O) groups excluding carboxylic acids is 1. The van der Waals surface area contributed by atoms with Gasteiger partial charge in [-0.15, -0.1) is 0 Å². The molecule has 0 spiro atoms. The topological polar surface area (TPSA) is 55.1 Å². The molecule has 2 aromatic carbocycles. The lowest BCUT2D eigenvalue weighted by Crippen LogP contribution is -2.30. The van der Waals surface area contributed by atoms with Crippen molar-refractivity contribution in [2.45, 2.75) is 25.8 Å². The summed E-state index contributed by atoms with van der Waals surface area (Å²) in [5.74, 6) is -0.505. The van der Waals surface area contributed by atoms with Gasteiger partial charge < -0.3 is 11.1 Å². The lowest BCUT2D eigenvalue weighted by atomic mass is 10.0. The molecular formula is C16H19FN2O. The first-order valence-corrected chi connectivity index (χ1v) is 6.84. The van der Waals surface area contributed by atoms with Crippen molar-refractivity contribution in [3.63, 3.8) is 0 Å². The molecule has 1 atom stereocenters. The van der Waals surface area contributed by atoms with Gasteiger partial charge in [0.25, 0.3) is 5.91 Å². The number of benzene rings is 2. The van der Waals surface area contributed by atoms with Crippen molar-refractivity contribution in [3.05, 3.63) is 47.8 Å². The summed E-state index contributed by atoms with van der Waals surface area (Å²) in [7, 11) is 0. The molecule has 3 N–H and O–H groups in total. The van der Waals surface area contributed by atoms with Crippen LogP contribution in [0.5, 0.6) is 0 Å². The third-order valence-corrected chi connectivity index (χ3v) is 3.44. The van der Waals surface area contributed by atoms with Crippen molar-refractivity contribution in [2.75, 3.05) is 6.54 Å². The fraction of sp³-hybridized carbons (Fsp3) is 0.312. The smallest absolute Gasteiger partial charge is 0.251 e. The summed E-state index contributed by atoms with van der Waals surface area (Å²) in [5, 5.41) is 3.93. The first kappa shape index (κ1) is 14.5.